The lowest BCUT2D eigenvalue weighted by molar-refractivity contribution is -0.119. The van der Waals surface area contributed by atoms with Crippen LogP contribution >= 0.6 is 0 Å². The summed E-state index contributed by atoms with van der Waals surface area (Å²) in [6.45, 7) is 2.50. The van der Waals surface area contributed by atoms with E-state index in [4.69, 9.17) is 4.74 Å². The van der Waals surface area contributed by atoms with E-state index in [-0.39, 0.29) is 11.7 Å². The monoisotopic (exact) mass is 233 g/mol. The van der Waals surface area contributed by atoms with Gasteiger partial charge in [-0.3, -0.25) is 9.59 Å². The summed E-state index contributed by atoms with van der Waals surface area (Å²) in [5.41, 5.74) is 1.54. The van der Waals surface area contributed by atoms with Gasteiger partial charge in [0.15, 0.2) is 5.78 Å². The number of nitrogens with one attached hydrogen (secondary N) is 1. The summed E-state index contributed by atoms with van der Waals surface area (Å²) < 4.78 is 5.49. The van der Waals surface area contributed by atoms with Gasteiger partial charge in [-0.15, -0.1) is 0 Å². The molecule has 0 saturated heterocycles. The Kier molecular flexibility index (Phi) is 3.42. The Hall–Kier alpha value is -1.84. The van der Waals surface area contributed by atoms with E-state index in [1.54, 1.807) is 12.1 Å². The number of amides is 1. The molecular weight excluding hydrogens is 218 g/mol. The Morgan fingerprint density at radius 3 is 3.06 bits per heavy atom. The van der Waals surface area contributed by atoms with E-state index in [0.29, 0.717) is 30.9 Å². The summed E-state index contributed by atoms with van der Waals surface area (Å²) in [7, 11) is 0. The number of carbonyl (C=O) groups excluding carboxylic acids is 2. The van der Waals surface area contributed by atoms with Crippen LogP contribution in [0.3, 0.4) is 0 Å². The first-order valence-corrected chi connectivity index (χ1v) is 5.70. The van der Waals surface area contributed by atoms with Crippen LogP contribution in [0.1, 0.15) is 35.7 Å². The Bertz CT molecular complexity index is 454. The first-order chi connectivity index (χ1) is 8.16. The van der Waals surface area contributed by atoms with Crippen molar-refractivity contribution in [3.8, 4) is 5.75 Å². The Morgan fingerprint density at radius 1 is 1.47 bits per heavy atom. The van der Waals surface area contributed by atoms with Gasteiger partial charge in [-0.2, -0.15) is 0 Å². The molecular formula is C13H15NO3. The third-order valence-electron chi connectivity index (χ3n) is 2.69. The van der Waals surface area contributed by atoms with Crippen LogP contribution in [0.25, 0.3) is 0 Å². The third-order valence-corrected chi connectivity index (χ3v) is 2.69. The van der Waals surface area contributed by atoms with Crippen molar-refractivity contribution in [1.29, 1.82) is 0 Å². The lowest BCUT2D eigenvalue weighted by Crippen LogP contribution is -2.19. The van der Waals surface area contributed by atoms with Crippen molar-refractivity contribution in [3.05, 3.63) is 29.3 Å². The van der Waals surface area contributed by atoms with Crippen molar-refractivity contribution in [2.75, 3.05) is 6.61 Å². The highest BCUT2D eigenvalue weighted by molar-refractivity contribution is 5.99. The molecule has 0 aliphatic carbocycles. The third kappa shape index (κ3) is 2.84. The summed E-state index contributed by atoms with van der Waals surface area (Å²) >= 11 is 0. The number of rotatable bonds is 2. The molecule has 17 heavy (non-hydrogen) atoms. The number of ether oxygens (including phenoxy) is 1. The number of carbonyl (C=O) groups is 2. The largest absolute Gasteiger partial charge is 0.493 e. The molecule has 0 spiro atoms. The van der Waals surface area contributed by atoms with Crippen LogP contribution < -0.4 is 10.1 Å². The SMILES string of the molecule is CC(=O)NCc1ccc2c(c1)C(=O)CCCO2. The average Bonchev–Trinajstić information content (AvgIpc) is 2.49. The van der Waals surface area contributed by atoms with Crippen molar-refractivity contribution >= 4 is 11.7 Å². The van der Waals surface area contributed by atoms with Crippen LogP contribution in [-0.4, -0.2) is 18.3 Å². The van der Waals surface area contributed by atoms with Crippen molar-refractivity contribution in [1.82, 2.24) is 5.32 Å². The lowest BCUT2D eigenvalue weighted by Gasteiger charge is -2.08. The predicted octanol–water partition coefficient (Wildman–Crippen LogP) is 1.68. The second-order valence-electron chi connectivity index (χ2n) is 4.12. The minimum absolute atomic E-state index is 0.0810. The maximum Gasteiger partial charge on any atom is 0.217 e. The minimum atomic E-state index is -0.0810. The standard InChI is InChI=1S/C13H15NO3/c1-9(15)14-8-10-4-5-13-11(7-10)12(16)3-2-6-17-13/h4-5,7H,2-3,6,8H2,1H3,(H,14,15). The molecule has 1 heterocycles. The molecule has 4 nitrogen and oxygen atoms in total. The number of hydrogen-bond acceptors (Lipinski definition) is 3. The maximum atomic E-state index is 11.8. The highest BCUT2D eigenvalue weighted by atomic mass is 16.5. The fourth-order valence-electron chi connectivity index (χ4n) is 1.81. The van der Waals surface area contributed by atoms with Gasteiger partial charge in [0.25, 0.3) is 0 Å². The quantitative estimate of drug-likeness (QED) is 0.845. The van der Waals surface area contributed by atoms with E-state index < -0.39 is 0 Å². The molecule has 1 amide bonds. The fourth-order valence-corrected chi connectivity index (χ4v) is 1.81. The molecule has 1 aromatic carbocycles. The summed E-state index contributed by atoms with van der Waals surface area (Å²) in [6.07, 6.45) is 1.28. The van der Waals surface area contributed by atoms with Gasteiger partial charge in [-0.1, -0.05) is 6.07 Å². The summed E-state index contributed by atoms with van der Waals surface area (Å²) in [4.78, 5) is 22.7. The van der Waals surface area contributed by atoms with Gasteiger partial charge in [-0.05, 0) is 24.1 Å². The zero-order valence-electron chi connectivity index (χ0n) is 9.79. The van der Waals surface area contributed by atoms with Gasteiger partial charge in [0, 0.05) is 19.9 Å². The molecule has 0 aromatic heterocycles. The number of benzene rings is 1. The second kappa shape index (κ2) is 4.99. The van der Waals surface area contributed by atoms with Crippen LogP contribution in [-0.2, 0) is 11.3 Å². The second-order valence-corrected chi connectivity index (χ2v) is 4.12. The van der Waals surface area contributed by atoms with Gasteiger partial charge >= 0.3 is 0 Å². The Labute approximate surface area is 100.0 Å². The molecule has 1 aliphatic heterocycles. The smallest absolute Gasteiger partial charge is 0.217 e. The summed E-state index contributed by atoms with van der Waals surface area (Å²) in [5.74, 6) is 0.684. The van der Waals surface area contributed by atoms with Crippen molar-refractivity contribution < 1.29 is 14.3 Å². The minimum Gasteiger partial charge on any atom is -0.493 e. The van der Waals surface area contributed by atoms with E-state index in [0.717, 1.165) is 12.0 Å². The number of Topliss-reactive ketones (excluding diaryl/α,β-unsaturated/α-hetero) is 1. The van der Waals surface area contributed by atoms with Crippen LogP contribution in [0, 0.1) is 0 Å². The number of fused-ring (bicyclic) bond motifs is 1. The molecule has 0 saturated carbocycles. The van der Waals surface area contributed by atoms with E-state index >= 15 is 0 Å². The average molecular weight is 233 g/mol. The van der Waals surface area contributed by atoms with Crippen LogP contribution in [0.15, 0.2) is 18.2 Å². The first kappa shape index (κ1) is 11.6. The molecule has 1 aliphatic rings. The predicted molar refractivity (Wildman–Crippen MR) is 63.0 cm³/mol. The molecule has 0 radical (unpaired) electrons. The lowest BCUT2D eigenvalue weighted by atomic mass is 10.0. The topological polar surface area (TPSA) is 55.4 Å². The van der Waals surface area contributed by atoms with Crippen LogP contribution in [0.5, 0.6) is 5.75 Å². The zero-order valence-corrected chi connectivity index (χ0v) is 9.79. The number of ketones is 1. The zero-order chi connectivity index (χ0) is 12.3. The summed E-state index contributed by atoms with van der Waals surface area (Å²) in [5, 5.41) is 2.71. The van der Waals surface area contributed by atoms with Gasteiger partial charge in [0.05, 0.1) is 12.2 Å². The van der Waals surface area contributed by atoms with E-state index in [9.17, 15) is 9.59 Å². The molecule has 0 fully saturated rings. The van der Waals surface area contributed by atoms with Crippen molar-refractivity contribution in [2.45, 2.75) is 26.3 Å². The van der Waals surface area contributed by atoms with Crippen molar-refractivity contribution in [2.24, 2.45) is 0 Å². The van der Waals surface area contributed by atoms with Crippen molar-refractivity contribution in [3.63, 3.8) is 0 Å². The molecule has 2 rings (SSSR count). The fraction of sp³-hybridized carbons (Fsp3) is 0.385. The van der Waals surface area contributed by atoms with Gasteiger partial charge in [0.1, 0.15) is 5.75 Å². The molecule has 0 unspecified atom stereocenters. The molecule has 1 aromatic rings. The van der Waals surface area contributed by atoms with E-state index in [1.165, 1.54) is 6.92 Å². The molecule has 4 heteroatoms. The highest BCUT2D eigenvalue weighted by Gasteiger charge is 2.16. The van der Waals surface area contributed by atoms with Crippen LogP contribution in [0.2, 0.25) is 0 Å². The summed E-state index contributed by atoms with van der Waals surface area (Å²) in [6, 6.07) is 5.47. The van der Waals surface area contributed by atoms with Gasteiger partial charge < -0.3 is 10.1 Å². The van der Waals surface area contributed by atoms with Gasteiger partial charge in [-0.25, -0.2) is 0 Å². The normalized spacial score (nSPS) is 14.5. The maximum absolute atomic E-state index is 11.8. The molecule has 0 atom stereocenters. The molecule has 1 N–H and O–H groups in total. The Morgan fingerprint density at radius 2 is 2.29 bits per heavy atom. The molecule has 0 bridgehead atoms. The first-order valence-electron chi connectivity index (χ1n) is 5.70. The Balaban J connectivity index is 2.22. The van der Waals surface area contributed by atoms with E-state index in [2.05, 4.69) is 5.32 Å². The van der Waals surface area contributed by atoms with E-state index in [1.807, 2.05) is 6.07 Å². The highest BCUT2D eigenvalue weighted by Crippen LogP contribution is 2.25. The van der Waals surface area contributed by atoms with Crippen LogP contribution in [0.4, 0.5) is 0 Å². The van der Waals surface area contributed by atoms with Gasteiger partial charge in [0.2, 0.25) is 5.91 Å². The molecule has 90 valence electrons. The number of hydrogen-bond donors (Lipinski definition) is 1.